The molecule has 4 rings (SSSR count). The van der Waals surface area contributed by atoms with Crippen LogP contribution in [-0.2, 0) is 13.0 Å². The highest BCUT2D eigenvalue weighted by Crippen LogP contribution is 2.28. The van der Waals surface area contributed by atoms with Crippen molar-refractivity contribution in [2.75, 3.05) is 13.1 Å². The van der Waals surface area contributed by atoms with Gasteiger partial charge in [0.2, 0.25) is 0 Å². The Bertz CT molecular complexity index is 927. The van der Waals surface area contributed by atoms with Crippen molar-refractivity contribution in [3.63, 3.8) is 0 Å². The molecule has 0 N–H and O–H groups in total. The van der Waals surface area contributed by atoms with E-state index in [0.29, 0.717) is 18.8 Å². The smallest absolute Gasteiger partial charge is 0.272 e. The lowest BCUT2D eigenvalue weighted by molar-refractivity contribution is 0.0775. The Morgan fingerprint density at radius 2 is 2.15 bits per heavy atom. The molecule has 136 valence electrons. The van der Waals surface area contributed by atoms with Crippen molar-refractivity contribution in [2.45, 2.75) is 45.7 Å². The van der Waals surface area contributed by atoms with Gasteiger partial charge < -0.3 is 9.47 Å². The third-order valence-corrected chi connectivity index (χ3v) is 5.05. The molecule has 7 heteroatoms. The van der Waals surface area contributed by atoms with Gasteiger partial charge in [0.25, 0.3) is 5.91 Å². The number of carbonyl (C=O) groups excluding carboxylic acids is 1. The van der Waals surface area contributed by atoms with Gasteiger partial charge in [0, 0.05) is 38.4 Å². The van der Waals surface area contributed by atoms with Gasteiger partial charge in [0.05, 0.1) is 6.04 Å². The zero-order valence-corrected chi connectivity index (χ0v) is 15.3. The predicted octanol–water partition coefficient (Wildman–Crippen LogP) is 2.69. The summed E-state index contributed by atoms with van der Waals surface area (Å²) in [6.45, 7) is 6.29. The molecule has 0 spiro atoms. The number of pyridine rings is 1. The molecule has 3 aromatic heterocycles. The summed E-state index contributed by atoms with van der Waals surface area (Å²) < 4.78 is 4.01. The number of hydrogen-bond donors (Lipinski definition) is 0. The van der Waals surface area contributed by atoms with Gasteiger partial charge in [-0.15, -0.1) is 0 Å². The second-order valence-corrected chi connectivity index (χ2v) is 6.72. The number of rotatable bonds is 5. The molecule has 0 unspecified atom stereocenters. The molecule has 0 aromatic carbocycles. The second-order valence-electron chi connectivity index (χ2n) is 6.72. The molecule has 1 atom stereocenters. The number of amides is 1. The van der Waals surface area contributed by atoms with Crippen LogP contribution < -0.4 is 0 Å². The molecule has 3 aromatic rings. The van der Waals surface area contributed by atoms with Crippen LogP contribution in [-0.4, -0.2) is 48.2 Å². The first-order valence-electron chi connectivity index (χ1n) is 9.35. The Morgan fingerprint density at radius 3 is 2.96 bits per heavy atom. The second kappa shape index (κ2) is 6.90. The summed E-state index contributed by atoms with van der Waals surface area (Å²) in [4.78, 5) is 24.2. The Balaban J connectivity index is 1.62. The minimum atomic E-state index is 0.0567. The van der Waals surface area contributed by atoms with Crippen LogP contribution in [0.25, 0.3) is 11.2 Å². The first kappa shape index (κ1) is 16.8. The zero-order valence-electron chi connectivity index (χ0n) is 15.3. The molecule has 0 radical (unpaired) electrons. The number of carbonyl (C=O) groups is 1. The highest BCUT2D eigenvalue weighted by molar-refractivity contribution is 5.92. The van der Waals surface area contributed by atoms with Gasteiger partial charge in [-0.25, -0.2) is 9.97 Å². The molecule has 1 aliphatic rings. The topological polar surface area (TPSA) is 68.8 Å². The number of aromatic nitrogens is 5. The Labute approximate surface area is 152 Å². The summed E-state index contributed by atoms with van der Waals surface area (Å²) in [5, 5.41) is 4.22. The van der Waals surface area contributed by atoms with Crippen LogP contribution in [0.15, 0.2) is 30.6 Å². The van der Waals surface area contributed by atoms with Crippen LogP contribution in [0.1, 0.15) is 49.0 Å². The molecule has 0 aliphatic carbocycles. The first-order chi connectivity index (χ1) is 12.7. The molecule has 26 heavy (non-hydrogen) atoms. The maximum atomic E-state index is 12.9. The van der Waals surface area contributed by atoms with Crippen molar-refractivity contribution in [3.8, 4) is 0 Å². The highest BCUT2D eigenvalue weighted by Gasteiger charge is 2.31. The fourth-order valence-electron chi connectivity index (χ4n) is 3.83. The van der Waals surface area contributed by atoms with E-state index in [1.807, 2.05) is 30.2 Å². The Morgan fingerprint density at radius 1 is 1.27 bits per heavy atom. The molecule has 1 amide bonds. The van der Waals surface area contributed by atoms with Gasteiger partial charge in [-0.2, -0.15) is 5.10 Å². The first-order valence-corrected chi connectivity index (χ1v) is 9.35. The summed E-state index contributed by atoms with van der Waals surface area (Å²) in [5.74, 6) is 1.13. The van der Waals surface area contributed by atoms with Crippen LogP contribution in [0, 0.1) is 0 Å². The van der Waals surface area contributed by atoms with Crippen molar-refractivity contribution in [3.05, 3.63) is 42.1 Å². The van der Waals surface area contributed by atoms with Gasteiger partial charge >= 0.3 is 0 Å². The number of likely N-dealkylation sites (tertiary alicyclic amines) is 1. The van der Waals surface area contributed by atoms with E-state index in [1.54, 1.807) is 16.9 Å². The van der Waals surface area contributed by atoms with E-state index in [1.165, 1.54) is 0 Å². The standard InChI is InChI=1S/C19H24N6O/c1-3-6-17-22-15-7-5-10-20-18(15)25(17)14-9-12-23(13-14)19(26)16-8-11-21-24(16)4-2/h5,7-8,10-11,14H,3-4,6,9,12-13H2,1-2H3/t14-/m1/s1. The number of aryl methyl sites for hydroxylation is 2. The number of nitrogens with zero attached hydrogens (tertiary/aromatic N) is 6. The van der Waals surface area contributed by atoms with Crippen molar-refractivity contribution >= 4 is 17.1 Å². The fraction of sp³-hybridized carbons (Fsp3) is 0.474. The van der Waals surface area contributed by atoms with Crippen LogP contribution in [0.5, 0.6) is 0 Å². The summed E-state index contributed by atoms with van der Waals surface area (Å²) in [6.07, 6.45) is 6.38. The maximum absolute atomic E-state index is 12.9. The third kappa shape index (κ3) is 2.77. The van der Waals surface area contributed by atoms with Gasteiger partial charge in [-0.3, -0.25) is 9.48 Å². The molecule has 1 saturated heterocycles. The van der Waals surface area contributed by atoms with Crippen molar-refractivity contribution in [1.82, 2.24) is 29.2 Å². The van der Waals surface area contributed by atoms with Crippen LogP contribution in [0.3, 0.4) is 0 Å². The van der Waals surface area contributed by atoms with E-state index in [9.17, 15) is 4.79 Å². The minimum Gasteiger partial charge on any atom is -0.335 e. The molecular weight excluding hydrogens is 328 g/mol. The molecule has 7 nitrogen and oxygen atoms in total. The average Bonchev–Trinajstić information content (AvgIpc) is 3.38. The molecular formula is C19H24N6O. The largest absolute Gasteiger partial charge is 0.335 e. The van der Waals surface area contributed by atoms with Gasteiger partial charge in [0.15, 0.2) is 5.65 Å². The third-order valence-electron chi connectivity index (χ3n) is 5.05. The van der Waals surface area contributed by atoms with E-state index < -0.39 is 0 Å². The van der Waals surface area contributed by atoms with Crippen LogP contribution >= 0.6 is 0 Å². The predicted molar refractivity (Wildman–Crippen MR) is 99.0 cm³/mol. The summed E-state index contributed by atoms with van der Waals surface area (Å²) >= 11 is 0. The lowest BCUT2D eigenvalue weighted by Crippen LogP contribution is -2.31. The summed E-state index contributed by atoms with van der Waals surface area (Å²) in [6, 6.07) is 5.95. The molecule has 0 bridgehead atoms. The Hall–Kier alpha value is -2.70. The number of fused-ring (bicyclic) bond motifs is 1. The van der Waals surface area contributed by atoms with E-state index in [0.717, 1.165) is 42.8 Å². The lowest BCUT2D eigenvalue weighted by Gasteiger charge is -2.19. The van der Waals surface area contributed by atoms with Gasteiger partial charge in [0.1, 0.15) is 17.0 Å². The van der Waals surface area contributed by atoms with Gasteiger partial charge in [-0.1, -0.05) is 6.92 Å². The lowest BCUT2D eigenvalue weighted by atomic mass is 10.2. The van der Waals surface area contributed by atoms with E-state index in [2.05, 4.69) is 21.6 Å². The van der Waals surface area contributed by atoms with Crippen molar-refractivity contribution < 1.29 is 4.79 Å². The maximum Gasteiger partial charge on any atom is 0.272 e. The quantitative estimate of drug-likeness (QED) is 0.708. The zero-order chi connectivity index (χ0) is 18.1. The van der Waals surface area contributed by atoms with Crippen molar-refractivity contribution in [1.29, 1.82) is 0 Å². The molecule has 0 saturated carbocycles. The van der Waals surface area contributed by atoms with Crippen LogP contribution in [0.4, 0.5) is 0 Å². The van der Waals surface area contributed by atoms with E-state index in [4.69, 9.17) is 4.98 Å². The summed E-state index contributed by atoms with van der Waals surface area (Å²) in [7, 11) is 0. The van der Waals surface area contributed by atoms with Crippen LogP contribution in [0.2, 0.25) is 0 Å². The molecule has 1 fully saturated rings. The number of imidazole rings is 1. The fourth-order valence-corrected chi connectivity index (χ4v) is 3.83. The minimum absolute atomic E-state index is 0.0567. The average molecular weight is 352 g/mol. The SMILES string of the molecule is CCCc1nc2cccnc2n1[C@@H]1CCN(C(=O)c2ccnn2CC)C1. The molecule has 4 heterocycles. The van der Waals surface area contributed by atoms with E-state index >= 15 is 0 Å². The summed E-state index contributed by atoms with van der Waals surface area (Å²) in [5.41, 5.74) is 2.52. The monoisotopic (exact) mass is 352 g/mol. The number of hydrogen-bond acceptors (Lipinski definition) is 4. The normalized spacial score (nSPS) is 17.3. The Kier molecular flexibility index (Phi) is 4.44. The van der Waals surface area contributed by atoms with Gasteiger partial charge in [-0.05, 0) is 38.0 Å². The van der Waals surface area contributed by atoms with Crippen molar-refractivity contribution in [2.24, 2.45) is 0 Å². The molecule has 1 aliphatic heterocycles. The van der Waals surface area contributed by atoms with E-state index in [-0.39, 0.29) is 11.9 Å². The highest BCUT2D eigenvalue weighted by atomic mass is 16.2.